The zero-order valence-electron chi connectivity index (χ0n) is 6.77. The van der Waals surface area contributed by atoms with Gasteiger partial charge in [0.2, 0.25) is 0 Å². The highest BCUT2D eigenvalue weighted by Gasteiger charge is 2.12. The molecule has 1 aromatic rings. The first-order chi connectivity index (χ1) is 5.47. The molecule has 0 unspecified atom stereocenters. The van der Waals surface area contributed by atoms with Crippen molar-refractivity contribution in [2.45, 2.75) is 13.1 Å². The van der Waals surface area contributed by atoms with Crippen LogP contribution in [-0.2, 0) is 10.7 Å². The molecule has 0 saturated heterocycles. The Morgan fingerprint density at radius 3 is 2.17 bits per heavy atom. The molecule has 0 atom stereocenters. The van der Waals surface area contributed by atoms with Crippen LogP contribution in [0.4, 0.5) is 0 Å². The Balaban J connectivity index is 2.78. The maximum Gasteiger partial charge on any atom is 0.329 e. The molecule has 0 fully saturated rings. The van der Waals surface area contributed by atoms with Crippen LogP contribution in [0.15, 0.2) is 24.3 Å². The Bertz CT molecular complexity index is 299. The van der Waals surface area contributed by atoms with E-state index in [1.807, 2.05) is 19.1 Å². The molecule has 0 radical (unpaired) electrons. The molecule has 4 heteroatoms. The molecule has 3 nitrogen and oxygen atoms in total. The van der Waals surface area contributed by atoms with Crippen molar-refractivity contribution >= 4 is 7.60 Å². The van der Waals surface area contributed by atoms with Crippen LogP contribution in [0.1, 0.15) is 11.1 Å². The van der Waals surface area contributed by atoms with Gasteiger partial charge in [-0.2, -0.15) is 0 Å². The fraction of sp³-hybridized carbons (Fsp3) is 0.250. The highest BCUT2D eigenvalue weighted by molar-refractivity contribution is 7.50. The molecular formula is C8H11O3P. The summed E-state index contributed by atoms with van der Waals surface area (Å²) in [6.45, 7) is 1.93. The minimum absolute atomic E-state index is 0.173. The average molecular weight is 186 g/mol. The first-order valence-electron chi connectivity index (χ1n) is 3.57. The predicted octanol–water partition coefficient (Wildman–Crippen LogP) is 1.67. The highest BCUT2D eigenvalue weighted by atomic mass is 31.2. The third-order valence-corrected chi connectivity index (χ3v) is 2.29. The van der Waals surface area contributed by atoms with Crippen LogP contribution >= 0.6 is 7.60 Å². The summed E-state index contributed by atoms with van der Waals surface area (Å²) in [5.74, 6) is 0. The largest absolute Gasteiger partial charge is 0.329 e. The summed E-state index contributed by atoms with van der Waals surface area (Å²) < 4.78 is 10.6. The van der Waals surface area contributed by atoms with Crippen molar-refractivity contribution in [3.05, 3.63) is 35.4 Å². The van der Waals surface area contributed by atoms with Gasteiger partial charge in [-0.05, 0) is 12.5 Å². The summed E-state index contributed by atoms with van der Waals surface area (Å²) in [5, 5.41) is 0. The molecule has 0 aliphatic carbocycles. The van der Waals surface area contributed by atoms with E-state index in [1.165, 1.54) is 0 Å². The molecule has 1 aromatic carbocycles. The molecule has 0 aliphatic rings. The van der Waals surface area contributed by atoms with Gasteiger partial charge in [0, 0.05) is 0 Å². The normalized spacial score (nSPS) is 11.6. The first-order valence-corrected chi connectivity index (χ1v) is 5.37. The van der Waals surface area contributed by atoms with E-state index in [1.54, 1.807) is 12.1 Å². The Hall–Kier alpha value is -0.630. The molecule has 12 heavy (non-hydrogen) atoms. The van der Waals surface area contributed by atoms with E-state index in [9.17, 15) is 4.57 Å². The van der Waals surface area contributed by atoms with Crippen LogP contribution in [0.25, 0.3) is 0 Å². The summed E-state index contributed by atoms with van der Waals surface area (Å²) >= 11 is 0. The van der Waals surface area contributed by atoms with Crippen LogP contribution in [0.5, 0.6) is 0 Å². The van der Waals surface area contributed by atoms with Gasteiger partial charge < -0.3 is 9.79 Å². The summed E-state index contributed by atoms with van der Waals surface area (Å²) in [7, 11) is -3.90. The van der Waals surface area contributed by atoms with Crippen LogP contribution < -0.4 is 0 Å². The number of rotatable bonds is 2. The number of aryl methyl sites for hydroxylation is 1. The van der Waals surface area contributed by atoms with E-state index in [0.717, 1.165) is 5.56 Å². The van der Waals surface area contributed by atoms with Gasteiger partial charge in [-0.15, -0.1) is 0 Å². The number of benzene rings is 1. The Morgan fingerprint density at radius 1 is 1.25 bits per heavy atom. The van der Waals surface area contributed by atoms with Gasteiger partial charge in [0.25, 0.3) is 0 Å². The van der Waals surface area contributed by atoms with Crippen LogP contribution in [0.2, 0.25) is 0 Å². The molecule has 0 aliphatic heterocycles. The van der Waals surface area contributed by atoms with Crippen LogP contribution in [0.3, 0.4) is 0 Å². The minimum atomic E-state index is -3.90. The predicted molar refractivity (Wildman–Crippen MR) is 46.9 cm³/mol. The van der Waals surface area contributed by atoms with Crippen molar-refractivity contribution in [1.82, 2.24) is 0 Å². The summed E-state index contributed by atoms with van der Waals surface area (Å²) in [4.78, 5) is 17.3. The highest BCUT2D eigenvalue weighted by Crippen LogP contribution is 2.38. The second-order valence-electron chi connectivity index (χ2n) is 2.81. The topological polar surface area (TPSA) is 57.5 Å². The van der Waals surface area contributed by atoms with Gasteiger partial charge >= 0.3 is 7.60 Å². The second kappa shape index (κ2) is 3.40. The zero-order valence-corrected chi connectivity index (χ0v) is 7.66. The smallest absolute Gasteiger partial charge is 0.324 e. The van der Waals surface area contributed by atoms with Gasteiger partial charge in [-0.1, -0.05) is 29.8 Å². The minimum Gasteiger partial charge on any atom is -0.324 e. The molecule has 0 heterocycles. The summed E-state index contributed by atoms with van der Waals surface area (Å²) in [6, 6.07) is 7.14. The first kappa shape index (κ1) is 9.46. The third-order valence-electron chi connectivity index (χ3n) is 1.51. The molecule has 0 saturated carbocycles. The van der Waals surface area contributed by atoms with E-state index < -0.39 is 7.60 Å². The lowest BCUT2D eigenvalue weighted by molar-refractivity contribution is 0.371. The van der Waals surface area contributed by atoms with Gasteiger partial charge in [-0.25, -0.2) is 0 Å². The quantitative estimate of drug-likeness (QED) is 0.690. The number of hydrogen-bond acceptors (Lipinski definition) is 1. The maximum absolute atomic E-state index is 10.6. The molecule has 0 bridgehead atoms. The average Bonchev–Trinajstić information content (AvgIpc) is 1.91. The molecule has 2 N–H and O–H groups in total. The number of hydrogen-bond donors (Lipinski definition) is 2. The Morgan fingerprint density at radius 2 is 1.75 bits per heavy atom. The van der Waals surface area contributed by atoms with Crippen molar-refractivity contribution in [2.75, 3.05) is 0 Å². The monoisotopic (exact) mass is 186 g/mol. The van der Waals surface area contributed by atoms with Crippen LogP contribution in [0, 0.1) is 6.92 Å². The van der Waals surface area contributed by atoms with E-state index in [2.05, 4.69) is 0 Å². The molecule has 0 spiro atoms. The molecule has 0 amide bonds. The summed E-state index contributed by atoms with van der Waals surface area (Å²) in [6.07, 6.45) is -0.173. The molecule has 1 rings (SSSR count). The fourth-order valence-corrected chi connectivity index (χ4v) is 1.62. The zero-order chi connectivity index (χ0) is 9.19. The standard InChI is InChI=1S/C8H11O3P/c1-7-2-4-8(5-3-7)6-12(9,10)11/h2-5H,6H2,1H3,(H2,9,10,11). The fourth-order valence-electron chi connectivity index (χ4n) is 0.931. The third kappa shape index (κ3) is 3.18. The van der Waals surface area contributed by atoms with E-state index in [0.29, 0.717) is 5.56 Å². The van der Waals surface area contributed by atoms with Gasteiger partial charge in [0.1, 0.15) is 0 Å². The lowest BCUT2D eigenvalue weighted by Gasteiger charge is -2.03. The van der Waals surface area contributed by atoms with Crippen LogP contribution in [-0.4, -0.2) is 9.79 Å². The van der Waals surface area contributed by atoms with Crippen molar-refractivity contribution < 1.29 is 14.4 Å². The van der Waals surface area contributed by atoms with Crippen molar-refractivity contribution in [1.29, 1.82) is 0 Å². The van der Waals surface area contributed by atoms with E-state index >= 15 is 0 Å². The Labute approximate surface area is 71.2 Å². The van der Waals surface area contributed by atoms with Crippen molar-refractivity contribution in [3.8, 4) is 0 Å². The molecule has 66 valence electrons. The van der Waals surface area contributed by atoms with E-state index in [4.69, 9.17) is 9.79 Å². The van der Waals surface area contributed by atoms with Gasteiger partial charge in [-0.3, -0.25) is 4.57 Å². The SMILES string of the molecule is Cc1ccc(CP(=O)(O)O)cc1. The van der Waals surface area contributed by atoms with Gasteiger partial charge in [0.15, 0.2) is 0 Å². The van der Waals surface area contributed by atoms with Gasteiger partial charge in [0.05, 0.1) is 6.16 Å². The summed E-state index contributed by atoms with van der Waals surface area (Å²) in [5.41, 5.74) is 1.76. The molecular weight excluding hydrogens is 175 g/mol. The van der Waals surface area contributed by atoms with Crippen molar-refractivity contribution in [3.63, 3.8) is 0 Å². The van der Waals surface area contributed by atoms with Crippen molar-refractivity contribution in [2.24, 2.45) is 0 Å². The van der Waals surface area contributed by atoms with E-state index in [-0.39, 0.29) is 6.16 Å². The maximum atomic E-state index is 10.6. The molecule has 0 aromatic heterocycles. The lowest BCUT2D eigenvalue weighted by atomic mass is 10.2. The Kier molecular flexibility index (Phi) is 2.68. The lowest BCUT2D eigenvalue weighted by Crippen LogP contribution is -1.86. The second-order valence-corrected chi connectivity index (χ2v) is 4.45.